The Hall–Kier alpha value is -3.02. The first-order valence-corrected chi connectivity index (χ1v) is 7.84. The van der Waals surface area contributed by atoms with Crippen LogP contribution in [0.5, 0.6) is 5.75 Å². The summed E-state index contributed by atoms with van der Waals surface area (Å²) in [6, 6.07) is 13.5. The Morgan fingerprint density at radius 2 is 1.96 bits per heavy atom. The van der Waals surface area contributed by atoms with Crippen LogP contribution in [0, 0.1) is 0 Å². The number of amides is 2. The van der Waals surface area contributed by atoms with Crippen molar-refractivity contribution in [1.82, 2.24) is 15.3 Å². The predicted molar refractivity (Wildman–Crippen MR) is 92.3 cm³/mol. The number of methoxy groups -OCH3 is 1. The first kappa shape index (κ1) is 14.6. The number of benzene rings is 2. The molecule has 3 aromatic rings. The summed E-state index contributed by atoms with van der Waals surface area (Å²) in [7, 11) is 1.64. The zero-order valence-corrected chi connectivity index (χ0v) is 13.5. The van der Waals surface area contributed by atoms with Crippen molar-refractivity contribution >= 4 is 22.8 Å². The van der Waals surface area contributed by atoms with Crippen molar-refractivity contribution in [2.75, 3.05) is 12.0 Å². The minimum Gasteiger partial charge on any atom is -0.497 e. The largest absolute Gasteiger partial charge is 0.497 e. The van der Waals surface area contributed by atoms with E-state index in [1.807, 2.05) is 49.4 Å². The number of urea groups is 1. The molecule has 4 rings (SSSR count). The molecule has 24 heavy (non-hydrogen) atoms. The molecule has 2 unspecified atom stereocenters. The van der Waals surface area contributed by atoms with Crippen LogP contribution >= 0.6 is 0 Å². The topological polar surface area (TPSA) is 70.2 Å². The molecule has 2 aromatic carbocycles. The maximum absolute atomic E-state index is 12.5. The highest BCUT2D eigenvalue weighted by Gasteiger charge is 2.38. The molecule has 122 valence electrons. The number of nitrogens with one attached hydrogen (secondary N) is 2. The van der Waals surface area contributed by atoms with Gasteiger partial charge in [0.15, 0.2) is 0 Å². The number of ether oxygens (including phenoxy) is 1. The molecule has 1 aliphatic rings. The third kappa shape index (κ3) is 2.27. The molecule has 1 aliphatic heterocycles. The number of H-pyrrole nitrogens is 1. The number of nitrogens with zero attached hydrogens (tertiary/aromatic N) is 2. The van der Waals surface area contributed by atoms with E-state index in [4.69, 9.17) is 4.74 Å². The van der Waals surface area contributed by atoms with E-state index in [2.05, 4.69) is 15.3 Å². The molecule has 2 atom stereocenters. The molecule has 0 saturated carbocycles. The van der Waals surface area contributed by atoms with Crippen LogP contribution in [0.3, 0.4) is 0 Å². The summed E-state index contributed by atoms with van der Waals surface area (Å²) >= 11 is 0. The number of imidazole rings is 1. The normalized spacial score (nSPS) is 20.4. The van der Waals surface area contributed by atoms with Crippen LogP contribution in [0.4, 0.5) is 10.5 Å². The Morgan fingerprint density at radius 1 is 1.17 bits per heavy atom. The molecule has 0 aliphatic carbocycles. The summed E-state index contributed by atoms with van der Waals surface area (Å²) < 4.78 is 5.22. The van der Waals surface area contributed by atoms with Crippen LogP contribution in [0.1, 0.15) is 18.5 Å². The number of hydrogen-bond donors (Lipinski definition) is 2. The molecular weight excluding hydrogens is 304 g/mol. The van der Waals surface area contributed by atoms with Gasteiger partial charge in [0.05, 0.1) is 36.6 Å². The average molecular weight is 322 g/mol. The number of aromatic nitrogens is 2. The number of carbonyl (C=O) groups excluding carboxylic acids is 1. The minimum atomic E-state index is -0.0952. The quantitative estimate of drug-likeness (QED) is 0.778. The zero-order chi connectivity index (χ0) is 16.7. The van der Waals surface area contributed by atoms with Gasteiger partial charge >= 0.3 is 6.03 Å². The molecule has 0 spiro atoms. The lowest BCUT2D eigenvalue weighted by Gasteiger charge is -2.26. The van der Waals surface area contributed by atoms with Crippen LogP contribution in [0.25, 0.3) is 11.0 Å². The minimum absolute atomic E-state index is 0.00311. The fraction of sp³-hybridized carbons (Fsp3) is 0.222. The van der Waals surface area contributed by atoms with Gasteiger partial charge in [-0.05, 0) is 42.8 Å². The Bertz CT molecular complexity index is 887. The first-order chi connectivity index (χ1) is 11.7. The van der Waals surface area contributed by atoms with Gasteiger partial charge in [-0.15, -0.1) is 0 Å². The highest BCUT2D eigenvalue weighted by Crippen LogP contribution is 2.35. The summed E-state index contributed by atoms with van der Waals surface area (Å²) in [4.78, 5) is 21.7. The highest BCUT2D eigenvalue weighted by molar-refractivity contribution is 5.97. The van der Waals surface area contributed by atoms with Gasteiger partial charge in [0, 0.05) is 5.69 Å². The molecule has 1 aromatic heterocycles. The lowest BCUT2D eigenvalue weighted by molar-refractivity contribution is 0.251. The Balaban J connectivity index is 1.76. The number of carbonyl (C=O) groups is 1. The number of aromatic amines is 1. The third-order valence-electron chi connectivity index (χ3n) is 4.46. The van der Waals surface area contributed by atoms with Crippen molar-refractivity contribution in [3.63, 3.8) is 0 Å². The van der Waals surface area contributed by atoms with E-state index in [0.29, 0.717) is 0 Å². The summed E-state index contributed by atoms with van der Waals surface area (Å²) in [5.74, 6) is 0.800. The SMILES string of the molecule is COc1ccc(C2C(C)NC(=O)N2c2ccc3nc[nH]c3c2)cc1. The Kier molecular flexibility index (Phi) is 3.37. The fourth-order valence-electron chi connectivity index (χ4n) is 3.28. The fourth-order valence-corrected chi connectivity index (χ4v) is 3.28. The van der Waals surface area contributed by atoms with E-state index < -0.39 is 0 Å². The summed E-state index contributed by atoms with van der Waals surface area (Å²) in [6.07, 6.45) is 1.65. The second-order valence-corrected chi connectivity index (χ2v) is 5.93. The molecule has 2 heterocycles. The van der Waals surface area contributed by atoms with Crippen LogP contribution in [-0.4, -0.2) is 29.2 Å². The van der Waals surface area contributed by atoms with Gasteiger partial charge in [-0.2, -0.15) is 0 Å². The van der Waals surface area contributed by atoms with Crippen molar-refractivity contribution in [1.29, 1.82) is 0 Å². The summed E-state index contributed by atoms with van der Waals surface area (Å²) in [5, 5.41) is 3.01. The van der Waals surface area contributed by atoms with Crippen molar-refractivity contribution in [3.8, 4) is 5.75 Å². The lowest BCUT2D eigenvalue weighted by atomic mass is 10.00. The first-order valence-electron chi connectivity index (χ1n) is 7.84. The Morgan fingerprint density at radius 3 is 2.71 bits per heavy atom. The van der Waals surface area contributed by atoms with Gasteiger partial charge in [0.25, 0.3) is 0 Å². The van der Waals surface area contributed by atoms with E-state index in [-0.39, 0.29) is 18.1 Å². The standard InChI is InChI=1S/C18H18N4O2/c1-11-17(12-3-6-14(24-2)7-4-12)22(18(23)21-11)13-5-8-15-16(9-13)20-10-19-15/h3-11,17H,1-2H3,(H,19,20)(H,21,23). The van der Waals surface area contributed by atoms with E-state index in [1.165, 1.54) is 0 Å². The second-order valence-electron chi connectivity index (χ2n) is 5.93. The summed E-state index contributed by atoms with van der Waals surface area (Å²) in [6.45, 7) is 2.02. The monoisotopic (exact) mass is 322 g/mol. The lowest BCUT2D eigenvalue weighted by Crippen LogP contribution is -2.29. The van der Waals surface area contributed by atoms with Crippen molar-refractivity contribution in [2.45, 2.75) is 19.0 Å². The summed E-state index contributed by atoms with van der Waals surface area (Å²) in [5.41, 5.74) is 3.70. The predicted octanol–water partition coefficient (Wildman–Crippen LogP) is 3.23. The van der Waals surface area contributed by atoms with E-state index in [9.17, 15) is 4.79 Å². The number of anilines is 1. The van der Waals surface area contributed by atoms with Crippen molar-refractivity contribution < 1.29 is 9.53 Å². The van der Waals surface area contributed by atoms with E-state index >= 15 is 0 Å². The highest BCUT2D eigenvalue weighted by atomic mass is 16.5. The molecule has 6 nitrogen and oxygen atoms in total. The van der Waals surface area contributed by atoms with Gasteiger partial charge in [-0.3, -0.25) is 4.90 Å². The number of rotatable bonds is 3. The van der Waals surface area contributed by atoms with E-state index in [0.717, 1.165) is 28.0 Å². The molecule has 2 amide bonds. The van der Waals surface area contributed by atoms with Gasteiger partial charge < -0.3 is 15.0 Å². The molecule has 0 bridgehead atoms. The Labute approximate surface area is 139 Å². The smallest absolute Gasteiger partial charge is 0.322 e. The maximum Gasteiger partial charge on any atom is 0.322 e. The number of fused-ring (bicyclic) bond motifs is 1. The van der Waals surface area contributed by atoms with E-state index in [1.54, 1.807) is 18.3 Å². The zero-order valence-electron chi connectivity index (χ0n) is 13.5. The van der Waals surface area contributed by atoms with Gasteiger partial charge in [0.2, 0.25) is 0 Å². The molecule has 6 heteroatoms. The van der Waals surface area contributed by atoms with Crippen molar-refractivity contribution in [3.05, 3.63) is 54.4 Å². The number of hydrogen-bond acceptors (Lipinski definition) is 3. The molecule has 2 N–H and O–H groups in total. The molecule has 1 fully saturated rings. The van der Waals surface area contributed by atoms with Crippen LogP contribution in [-0.2, 0) is 0 Å². The van der Waals surface area contributed by atoms with Gasteiger partial charge in [-0.25, -0.2) is 9.78 Å². The van der Waals surface area contributed by atoms with Crippen LogP contribution in [0.15, 0.2) is 48.8 Å². The van der Waals surface area contributed by atoms with Crippen molar-refractivity contribution in [2.24, 2.45) is 0 Å². The second kappa shape index (κ2) is 5.56. The van der Waals surface area contributed by atoms with Gasteiger partial charge in [0.1, 0.15) is 5.75 Å². The van der Waals surface area contributed by atoms with Gasteiger partial charge in [-0.1, -0.05) is 12.1 Å². The van der Waals surface area contributed by atoms with Crippen LogP contribution < -0.4 is 15.0 Å². The molecular formula is C18H18N4O2. The molecule has 0 radical (unpaired) electrons. The van der Waals surface area contributed by atoms with Crippen LogP contribution in [0.2, 0.25) is 0 Å². The average Bonchev–Trinajstić information content (AvgIpc) is 3.17. The molecule has 1 saturated heterocycles. The third-order valence-corrected chi connectivity index (χ3v) is 4.46. The maximum atomic E-state index is 12.5.